The van der Waals surface area contributed by atoms with Gasteiger partial charge in [-0.1, -0.05) is 50.6 Å². The van der Waals surface area contributed by atoms with Crippen LogP contribution in [0.2, 0.25) is 0 Å². The second kappa shape index (κ2) is 4.79. The molecule has 1 fully saturated rings. The van der Waals surface area contributed by atoms with E-state index < -0.39 is 11.7 Å². The average molecular weight is 234 g/mol. The quantitative estimate of drug-likeness (QED) is 0.826. The predicted molar refractivity (Wildman–Crippen MR) is 68.5 cm³/mol. The van der Waals surface area contributed by atoms with Crippen molar-refractivity contribution < 1.29 is 10.2 Å². The number of benzene rings is 1. The van der Waals surface area contributed by atoms with E-state index in [2.05, 4.69) is 0 Å². The van der Waals surface area contributed by atoms with Crippen LogP contribution in [0.5, 0.6) is 0 Å². The SMILES string of the molecule is C[C@@H]1CCC[C@H](C)C1(O)[C@@H](O)c1ccccc1. The van der Waals surface area contributed by atoms with Gasteiger partial charge in [-0.15, -0.1) is 0 Å². The fraction of sp³-hybridized carbons (Fsp3) is 0.600. The Morgan fingerprint density at radius 2 is 1.65 bits per heavy atom. The summed E-state index contributed by atoms with van der Waals surface area (Å²) in [5.41, 5.74) is -0.171. The Labute approximate surface area is 103 Å². The molecule has 0 spiro atoms. The topological polar surface area (TPSA) is 40.5 Å². The van der Waals surface area contributed by atoms with Crippen molar-refractivity contribution in [2.75, 3.05) is 0 Å². The van der Waals surface area contributed by atoms with Gasteiger partial charge in [0.1, 0.15) is 6.10 Å². The van der Waals surface area contributed by atoms with Crippen LogP contribution in [0.25, 0.3) is 0 Å². The fourth-order valence-corrected chi connectivity index (χ4v) is 3.12. The van der Waals surface area contributed by atoms with Gasteiger partial charge in [0.05, 0.1) is 5.60 Å². The molecule has 1 aromatic rings. The predicted octanol–water partition coefficient (Wildman–Crippen LogP) is 2.91. The van der Waals surface area contributed by atoms with Gasteiger partial charge in [-0.25, -0.2) is 0 Å². The molecule has 1 aliphatic rings. The monoisotopic (exact) mass is 234 g/mol. The summed E-state index contributed by atoms with van der Waals surface area (Å²) in [6.07, 6.45) is 2.34. The van der Waals surface area contributed by atoms with E-state index in [0.29, 0.717) is 0 Å². The van der Waals surface area contributed by atoms with Crippen molar-refractivity contribution in [3.63, 3.8) is 0 Å². The summed E-state index contributed by atoms with van der Waals surface area (Å²) in [4.78, 5) is 0. The van der Waals surface area contributed by atoms with Gasteiger partial charge in [0.15, 0.2) is 0 Å². The first-order valence-electron chi connectivity index (χ1n) is 6.52. The van der Waals surface area contributed by atoms with E-state index in [9.17, 15) is 10.2 Å². The molecule has 0 aromatic heterocycles. The van der Waals surface area contributed by atoms with Gasteiger partial charge < -0.3 is 10.2 Å². The lowest BCUT2D eigenvalue weighted by atomic mass is 9.66. The van der Waals surface area contributed by atoms with E-state index in [0.717, 1.165) is 24.8 Å². The van der Waals surface area contributed by atoms with E-state index in [1.165, 1.54) is 0 Å². The molecule has 1 aromatic carbocycles. The van der Waals surface area contributed by atoms with Crippen molar-refractivity contribution in [2.45, 2.75) is 44.8 Å². The summed E-state index contributed by atoms with van der Waals surface area (Å²) >= 11 is 0. The standard InChI is InChI=1S/C15H22O2/c1-11-7-6-8-12(2)15(11,17)14(16)13-9-4-3-5-10-13/h3-5,9-12,14,16-17H,6-8H2,1-2H3/t11-,12+,14-,15?/m0/s1. The zero-order valence-corrected chi connectivity index (χ0v) is 10.6. The van der Waals surface area contributed by atoms with Gasteiger partial charge >= 0.3 is 0 Å². The maximum atomic E-state index is 10.9. The molecule has 2 N–H and O–H groups in total. The Balaban J connectivity index is 2.30. The van der Waals surface area contributed by atoms with Crippen LogP contribution in [-0.4, -0.2) is 15.8 Å². The lowest BCUT2D eigenvalue weighted by Crippen LogP contribution is -2.50. The number of aliphatic hydroxyl groups excluding tert-OH is 1. The Hall–Kier alpha value is -0.860. The molecule has 94 valence electrons. The van der Waals surface area contributed by atoms with Gasteiger partial charge in [-0.3, -0.25) is 0 Å². The van der Waals surface area contributed by atoms with Crippen LogP contribution < -0.4 is 0 Å². The van der Waals surface area contributed by atoms with Crippen LogP contribution in [0.1, 0.15) is 44.8 Å². The normalized spacial score (nSPS) is 35.5. The maximum absolute atomic E-state index is 10.9. The highest BCUT2D eigenvalue weighted by Gasteiger charge is 2.47. The van der Waals surface area contributed by atoms with Gasteiger partial charge in [-0.05, 0) is 30.2 Å². The average Bonchev–Trinajstić information content (AvgIpc) is 2.36. The van der Waals surface area contributed by atoms with Crippen LogP contribution in [0.15, 0.2) is 30.3 Å². The molecule has 0 radical (unpaired) electrons. The van der Waals surface area contributed by atoms with Crippen LogP contribution in [0.3, 0.4) is 0 Å². The summed E-state index contributed by atoms with van der Waals surface area (Å²) < 4.78 is 0. The number of aliphatic hydroxyl groups is 2. The van der Waals surface area contributed by atoms with E-state index in [4.69, 9.17) is 0 Å². The van der Waals surface area contributed by atoms with Crippen molar-refractivity contribution in [3.05, 3.63) is 35.9 Å². The van der Waals surface area contributed by atoms with Crippen molar-refractivity contribution in [3.8, 4) is 0 Å². The molecule has 2 nitrogen and oxygen atoms in total. The van der Waals surface area contributed by atoms with E-state index in [1.54, 1.807) is 0 Å². The smallest absolute Gasteiger partial charge is 0.108 e. The maximum Gasteiger partial charge on any atom is 0.108 e. The Morgan fingerprint density at radius 1 is 1.12 bits per heavy atom. The van der Waals surface area contributed by atoms with Gasteiger partial charge in [0.2, 0.25) is 0 Å². The van der Waals surface area contributed by atoms with Crippen molar-refractivity contribution in [1.29, 1.82) is 0 Å². The fourth-order valence-electron chi connectivity index (χ4n) is 3.12. The summed E-state index contributed by atoms with van der Waals surface area (Å²) in [5, 5.41) is 21.4. The molecule has 2 rings (SSSR count). The van der Waals surface area contributed by atoms with Crippen LogP contribution in [0.4, 0.5) is 0 Å². The number of rotatable bonds is 2. The van der Waals surface area contributed by atoms with Crippen molar-refractivity contribution in [2.24, 2.45) is 11.8 Å². The van der Waals surface area contributed by atoms with E-state index >= 15 is 0 Å². The van der Waals surface area contributed by atoms with Crippen molar-refractivity contribution >= 4 is 0 Å². The summed E-state index contributed by atoms with van der Waals surface area (Å²) in [6.45, 7) is 4.09. The highest BCUT2D eigenvalue weighted by atomic mass is 16.3. The highest BCUT2D eigenvalue weighted by molar-refractivity contribution is 5.21. The first kappa shape index (κ1) is 12.6. The third-order valence-electron chi connectivity index (χ3n) is 4.41. The first-order valence-corrected chi connectivity index (χ1v) is 6.52. The Bertz CT molecular complexity index is 350. The molecule has 1 unspecified atom stereocenters. The van der Waals surface area contributed by atoms with Crippen LogP contribution in [-0.2, 0) is 0 Å². The minimum atomic E-state index is -0.987. The number of hydrogen-bond acceptors (Lipinski definition) is 2. The molecule has 0 amide bonds. The molecule has 0 bridgehead atoms. The zero-order valence-electron chi connectivity index (χ0n) is 10.6. The second-order valence-electron chi connectivity index (χ2n) is 5.43. The van der Waals surface area contributed by atoms with E-state index in [1.807, 2.05) is 44.2 Å². The molecule has 0 aliphatic heterocycles. The summed E-state index contributed by atoms with van der Waals surface area (Å²) in [7, 11) is 0. The molecule has 2 heteroatoms. The lowest BCUT2D eigenvalue weighted by molar-refractivity contribution is -0.161. The van der Waals surface area contributed by atoms with Gasteiger partial charge in [-0.2, -0.15) is 0 Å². The molecule has 4 atom stereocenters. The molecular weight excluding hydrogens is 212 g/mol. The van der Waals surface area contributed by atoms with Crippen LogP contribution in [0, 0.1) is 11.8 Å². The minimum Gasteiger partial charge on any atom is -0.386 e. The molecule has 1 aliphatic carbocycles. The number of hydrogen-bond donors (Lipinski definition) is 2. The highest BCUT2D eigenvalue weighted by Crippen LogP contribution is 2.45. The molecule has 17 heavy (non-hydrogen) atoms. The Kier molecular flexibility index (Phi) is 3.55. The van der Waals surface area contributed by atoms with Gasteiger partial charge in [0, 0.05) is 0 Å². The summed E-state index contributed by atoms with van der Waals surface area (Å²) in [5.74, 6) is 0.280. The van der Waals surface area contributed by atoms with Gasteiger partial charge in [0.25, 0.3) is 0 Å². The largest absolute Gasteiger partial charge is 0.386 e. The molecule has 0 saturated heterocycles. The Morgan fingerprint density at radius 3 is 2.18 bits per heavy atom. The van der Waals surface area contributed by atoms with Crippen LogP contribution >= 0.6 is 0 Å². The second-order valence-corrected chi connectivity index (χ2v) is 5.43. The lowest BCUT2D eigenvalue weighted by Gasteiger charge is -2.46. The summed E-state index contributed by atoms with van der Waals surface area (Å²) in [6, 6.07) is 9.50. The molecule has 1 saturated carbocycles. The first-order chi connectivity index (χ1) is 8.06. The molecular formula is C15H22O2. The zero-order chi connectivity index (χ0) is 12.5. The molecule has 0 heterocycles. The minimum absolute atomic E-state index is 0.140. The third kappa shape index (κ3) is 2.12. The third-order valence-corrected chi connectivity index (χ3v) is 4.41. The van der Waals surface area contributed by atoms with E-state index in [-0.39, 0.29) is 11.8 Å². The van der Waals surface area contributed by atoms with Crippen molar-refractivity contribution in [1.82, 2.24) is 0 Å².